The first-order chi connectivity index (χ1) is 35.5. The Morgan fingerprint density at radius 1 is 0.292 bits per heavy atom. The summed E-state index contributed by atoms with van der Waals surface area (Å²) in [6.45, 7) is 6.51. The fraction of sp³-hybridized carbons (Fsp3) is 0.682. The molecule has 0 radical (unpaired) electrons. The second-order valence-electron chi connectivity index (χ2n) is 19.7. The number of hydrogen-bond donors (Lipinski definition) is 0. The molecule has 0 aromatic carbocycles. The van der Waals surface area contributed by atoms with E-state index in [1.54, 1.807) is 0 Å². The van der Waals surface area contributed by atoms with Crippen LogP contribution in [-0.4, -0.2) is 37.2 Å². The highest BCUT2D eigenvalue weighted by atomic mass is 16.6. The van der Waals surface area contributed by atoms with E-state index in [9.17, 15) is 14.4 Å². The highest BCUT2D eigenvalue weighted by molar-refractivity contribution is 5.71. The molecule has 0 aromatic rings. The van der Waals surface area contributed by atoms with Gasteiger partial charge in [0.05, 0.1) is 0 Å². The van der Waals surface area contributed by atoms with E-state index in [2.05, 4.69) is 130 Å². The molecule has 6 heteroatoms. The van der Waals surface area contributed by atoms with Gasteiger partial charge in [0, 0.05) is 19.3 Å². The van der Waals surface area contributed by atoms with E-state index in [0.717, 1.165) is 83.5 Å². The van der Waals surface area contributed by atoms with Crippen molar-refractivity contribution in [2.75, 3.05) is 13.2 Å². The molecule has 1 unspecified atom stereocenters. The first-order valence-corrected chi connectivity index (χ1v) is 30.0. The van der Waals surface area contributed by atoms with Crippen LogP contribution in [0, 0.1) is 0 Å². The van der Waals surface area contributed by atoms with Gasteiger partial charge >= 0.3 is 17.9 Å². The summed E-state index contributed by atoms with van der Waals surface area (Å²) in [4.78, 5) is 38.2. The molecule has 0 aromatic heterocycles. The molecule has 6 nitrogen and oxygen atoms in total. The third kappa shape index (κ3) is 57.0. The van der Waals surface area contributed by atoms with Crippen LogP contribution in [0.2, 0.25) is 0 Å². The quantitative estimate of drug-likeness (QED) is 0.0199. The molecule has 0 bridgehead atoms. The number of unbranched alkanes of at least 4 members (excludes halogenated alkanes) is 28. The van der Waals surface area contributed by atoms with E-state index in [1.807, 2.05) is 0 Å². The second-order valence-corrected chi connectivity index (χ2v) is 19.7. The van der Waals surface area contributed by atoms with Gasteiger partial charge in [-0.2, -0.15) is 0 Å². The maximum Gasteiger partial charge on any atom is 0.306 e. The maximum absolute atomic E-state index is 12.9. The van der Waals surface area contributed by atoms with Gasteiger partial charge in [0.2, 0.25) is 0 Å². The average molecular weight is 1000 g/mol. The molecule has 0 N–H and O–H groups in total. The van der Waals surface area contributed by atoms with Gasteiger partial charge in [-0.05, 0) is 103 Å². The van der Waals surface area contributed by atoms with Crippen molar-refractivity contribution in [3.63, 3.8) is 0 Å². The van der Waals surface area contributed by atoms with Gasteiger partial charge in [-0.1, -0.05) is 259 Å². The van der Waals surface area contributed by atoms with Crippen molar-refractivity contribution < 1.29 is 28.6 Å². The van der Waals surface area contributed by atoms with Gasteiger partial charge in [-0.25, -0.2) is 0 Å². The normalized spacial score (nSPS) is 12.9. The lowest BCUT2D eigenvalue weighted by molar-refractivity contribution is -0.167. The summed E-state index contributed by atoms with van der Waals surface area (Å²) in [7, 11) is 0. The lowest BCUT2D eigenvalue weighted by Crippen LogP contribution is -2.30. The highest BCUT2D eigenvalue weighted by Crippen LogP contribution is 2.15. The Kier molecular flexibility index (Phi) is 56.4. The summed E-state index contributed by atoms with van der Waals surface area (Å²) in [5.74, 6) is -0.985. The van der Waals surface area contributed by atoms with Crippen molar-refractivity contribution in [1.29, 1.82) is 0 Å². The Labute approximate surface area is 444 Å². The Morgan fingerprint density at radius 2 is 0.569 bits per heavy atom. The highest BCUT2D eigenvalue weighted by Gasteiger charge is 2.19. The fourth-order valence-electron chi connectivity index (χ4n) is 8.05. The largest absolute Gasteiger partial charge is 0.462 e. The van der Waals surface area contributed by atoms with Gasteiger partial charge in [-0.3, -0.25) is 14.4 Å². The number of carbonyl (C=O) groups excluding carboxylic acids is 3. The monoisotopic (exact) mass is 999 g/mol. The van der Waals surface area contributed by atoms with Crippen LogP contribution in [0.25, 0.3) is 0 Å². The van der Waals surface area contributed by atoms with Crippen molar-refractivity contribution in [2.45, 2.75) is 277 Å². The second kappa shape index (κ2) is 59.6. The molecule has 0 rings (SSSR count). The zero-order chi connectivity index (χ0) is 52.2. The molecule has 0 fully saturated rings. The maximum atomic E-state index is 12.9. The number of allylic oxidation sites excluding steroid dienone is 18. The molecule has 0 aliphatic heterocycles. The molecule has 0 heterocycles. The molecule has 0 aliphatic carbocycles. The topological polar surface area (TPSA) is 78.9 Å². The van der Waals surface area contributed by atoms with Crippen molar-refractivity contribution in [1.82, 2.24) is 0 Å². The minimum atomic E-state index is -0.815. The molecule has 0 amide bonds. The standard InChI is InChI=1S/C66H110O6/c1-4-7-10-13-16-19-22-25-28-31-33-36-38-41-44-47-50-53-56-59-65(68)71-62-63(61-70-64(67)58-55-52-49-46-43-40-37-34-30-27-24-21-18-15-12-9-6-3)72-66(69)60-57-54-51-48-45-42-39-35-32-29-26-23-20-17-14-11-8-5-2/h16-17,19-20,22-23,25-27,29-30,32,35,37,39-40,46,49,63H,4-15,18,21,24,28,31,33-34,36,38,41-45,47-48,50-62H2,1-3H3/b19-16-,20-17-,25-22-,26-23-,30-27-,32-29-,39-35-,40-37-,49-46-. The van der Waals surface area contributed by atoms with Crippen LogP contribution in [0.1, 0.15) is 271 Å². The molecular formula is C66H110O6. The first kappa shape index (κ1) is 68.1. The predicted molar refractivity (Wildman–Crippen MR) is 311 cm³/mol. The van der Waals surface area contributed by atoms with Gasteiger partial charge in [0.15, 0.2) is 6.10 Å². The van der Waals surface area contributed by atoms with E-state index in [1.165, 1.54) is 141 Å². The summed E-state index contributed by atoms with van der Waals surface area (Å²) in [5, 5.41) is 0. The number of esters is 3. The smallest absolute Gasteiger partial charge is 0.306 e. The van der Waals surface area contributed by atoms with Crippen LogP contribution in [0.4, 0.5) is 0 Å². The average Bonchev–Trinajstić information content (AvgIpc) is 3.38. The number of hydrogen-bond acceptors (Lipinski definition) is 6. The van der Waals surface area contributed by atoms with Gasteiger partial charge in [0.25, 0.3) is 0 Å². The SMILES string of the molecule is CCCCC\C=C/C=C\C=C/C=C\CCCCCCCC(=O)OC(COC(=O)CCC/C=C\C/C=C\C/C=C\CCCCCCCC)COC(=O)CCCCCCCCCCCC/C=C\C=C/CCCCC. The van der Waals surface area contributed by atoms with E-state index < -0.39 is 6.10 Å². The van der Waals surface area contributed by atoms with E-state index in [-0.39, 0.29) is 44.0 Å². The molecule has 0 saturated heterocycles. The number of carbonyl (C=O) groups is 3. The molecule has 410 valence electrons. The van der Waals surface area contributed by atoms with Crippen molar-refractivity contribution in [3.8, 4) is 0 Å². The first-order valence-electron chi connectivity index (χ1n) is 30.0. The minimum Gasteiger partial charge on any atom is -0.462 e. The van der Waals surface area contributed by atoms with Crippen LogP contribution in [0.15, 0.2) is 109 Å². The molecule has 0 aliphatic rings. The van der Waals surface area contributed by atoms with Gasteiger partial charge < -0.3 is 14.2 Å². The lowest BCUT2D eigenvalue weighted by atomic mass is 10.1. The van der Waals surface area contributed by atoms with Crippen molar-refractivity contribution in [3.05, 3.63) is 109 Å². The molecule has 1 atom stereocenters. The number of ether oxygens (including phenoxy) is 3. The molecule has 72 heavy (non-hydrogen) atoms. The summed E-state index contributed by atoms with van der Waals surface area (Å²) in [5.41, 5.74) is 0. The Morgan fingerprint density at radius 3 is 1.00 bits per heavy atom. The van der Waals surface area contributed by atoms with Crippen LogP contribution in [0.5, 0.6) is 0 Å². The van der Waals surface area contributed by atoms with Gasteiger partial charge in [0.1, 0.15) is 13.2 Å². The predicted octanol–water partition coefficient (Wildman–Crippen LogP) is 20.3. The van der Waals surface area contributed by atoms with Crippen molar-refractivity contribution in [2.24, 2.45) is 0 Å². The fourth-order valence-corrected chi connectivity index (χ4v) is 8.05. The molecule has 0 spiro atoms. The Hall–Kier alpha value is -3.93. The third-order valence-corrected chi connectivity index (χ3v) is 12.6. The lowest BCUT2D eigenvalue weighted by Gasteiger charge is -2.18. The van der Waals surface area contributed by atoms with E-state index >= 15 is 0 Å². The van der Waals surface area contributed by atoms with Gasteiger partial charge in [-0.15, -0.1) is 0 Å². The van der Waals surface area contributed by atoms with E-state index in [0.29, 0.717) is 12.8 Å². The van der Waals surface area contributed by atoms with Crippen LogP contribution in [0.3, 0.4) is 0 Å². The van der Waals surface area contributed by atoms with Crippen LogP contribution >= 0.6 is 0 Å². The number of rotatable bonds is 53. The van der Waals surface area contributed by atoms with Crippen molar-refractivity contribution >= 4 is 17.9 Å². The Balaban J connectivity index is 4.52. The summed E-state index contributed by atoms with van der Waals surface area (Å²) < 4.78 is 16.8. The summed E-state index contributed by atoms with van der Waals surface area (Å²) in [6.07, 6.45) is 80.8. The van der Waals surface area contributed by atoms with E-state index in [4.69, 9.17) is 14.2 Å². The summed E-state index contributed by atoms with van der Waals surface area (Å²) in [6, 6.07) is 0. The molecule has 0 saturated carbocycles. The third-order valence-electron chi connectivity index (χ3n) is 12.6. The zero-order valence-corrected chi connectivity index (χ0v) is 46.9. The van der Waals surface area contributed by atoms with Crippen LogP contribution in [-0.2, 0) is 28.6 Å². The Bertz CT molecular complexity index is 1470. The zero-order valence-electron chi connectivity index (χ0n) is 46.9. The minimum absolute atomic E-state index is 0.106. The van der Waals surface area contributed by atoms with Crippen LogP contribution < -0.4 is 0 Å². The molecular weight excluding hydrogens is 889 g/mol. The summed E-state index contributed by atoms with van der Waals surface area (Å²) >= 11 is 0.